The minimum absolute atomic E-state index is 0.371. The van der Waals surface area contributed by atoms with Crippen LogP contribution in [0, 0.1) is 13.3 Å². The van der Waals surface area contributed by atoms with Crippen molar-refractivity contribution < 1.29 is 0 Å². The summed E-state index contributed by atoms with van der Waals surface area (Å²) in [6.45, 7) is 2.15. The van der Waals surface area contributed by atoms with Crippen LogP contribution in [0.2, 0.25) is 0 Å². The van der Waals surface area contributed by atoms with Crippen molar-refractivity contribution in [3.05, 3.63) is 60.6 Å². The lowest BCUT2D eigenvalue weighted by Gasteiger charge is -2.29. The Kier molecular flexibility index (Phi) is 2.91. The first kappa shape index (κ1) is 10.0. The second kappa shape index (κ2) is 4.35. The van der Waals surface area contributed by atoms with Gasteiger partial charge in [-0.1, -0.05) is 42.5 Å². The number of para-hydroxylation sites is 1. The number of aryl methyl sites for hydroxylation is 1. The Morgan fingerprint density at radius 2 is 1.87 bits per heavy atom. The van der Waals surface area contributed by atoms with E-state index in [4.69, 9.17) is 0 Å². The van der Waals surface area contributed by atoms with E-state index >= 15 is 0 Å². The first-order valence-corrected chi connectivity index (χ1v) is 5.26. The van der Waals surface area contributed by atoms with Crippen molar-refractivity contribution in [1.29, 1.82) is 0 Å². The largest absolute Gasteiger partial charge is 0.367 e. The lowest BCUT2D eigenvalue weighted by atomic mass is 10.1. The molecule has 0 amide bonds. The normalized spacial score (nSPS) is 19.2. The van der Waals surface area contributed by atoms with Crippen molar-refractivity contribution >= 4 is 5.69 Å². The molecule has 0 saturated heterocycles. The molecule has 1 nitrogen and oxygen atoms in total. The summed E-state index contributed by atoms with van der Waals surface area (Å²) >= 11 is 0. The van der Waals surface area contributed by atoms with Crippen LogP contribution < -0.4 is 4.90 Å². The Morgan fingerprint density at radius 1 is 1.07 bits per heavy atom. The standard InChI is InChI=1S/C14H16N/c1-12-8-6-7-11-14(12)15(2)13-9-4-3-5-10-13/h3-11,13H,1-2H3. The van der Waals surface area contributed by atoms with Crippen LogP contribution in [0.25, 0.3) is 0 Å². The van der Waals surface area contributed by atoms with E-state index in [0.717, 1.165) is 0 Å². The number of hydrogen-bond donors (Lipinski definition) is 0. The fourth-order valence-electron chi connectivity index (χ4n) is 1.86. The first-order chi connectivity index (χ1) is 7.29. The second-order valence-electron chi connectivity index (χ2n) is 3.85. The van der Waals surface area contributed by atoms with Gasteiger partial charge in [-0.3, -0.25) is 0 Å². The fraction of sp³-hybridized carbons (Fsp3) is 0.214. The van der Waals surface area contributed by atoms with E-state index in [0.29, 0.717) is 6.04 Å². The summed E-state index contributed by atoms with van der Waals surface area (Å²) in [4.78, 5) is 2.29. The van der Waals surface area contributed by atoms with E-state index in [2.05, 4.69) is 73.9 Å². The average molecular weight is 198 g/mol. The van der Waals surface area contributed by atoms with Gasteiger partial charge in [0.15, 0.2) is 0 Å². The number of benzene rings is 1. The summed E-state index contributed by atoms with van der Waals surface area (Å²) in [5.74, 6) is 0. The van der Waals surface area contributed by atoms with Gasteiger partial charge in [-0.25, -0.2) is 0 Å². The SMILES string of the molecule is Cc1ccccc1N(C)C1[CH]C=CC=C1. The highest BCUT2D eigenvalue weighted by Gasteiger charge is 2.13. The molecule has 0 N–H and O–H groups in total. The third kappa shape index (κ3) is 2.12. The minimum Gasteiger partial charge on any atom is -0.367 e. The van der Waals surface area contributed by atoms with Crippen LogP contribution in [0.15, 0.2) is 48.6 Å². The van der Waals surface area contributed by atoms with Crippen molar-refractivity contribution in [2.75, 3.05) is 11.9 Å². The average Bonchev–Trinajstić information content (AvgIpc) is 2.30. The molecule has 77 valence electrons. The van der Waals surface area contributed by atoms with Crippen LogP contribution in [0.5, 0.6) is 0 Å². The van der Waals surface area contributed by atoms with Gasteiger partial charge in [0, 0.05) is 19.2 Å². The van der Waals surface area contributed by atoms with Gasteiger partial charge in [-0.05, 0) is 18.6 Å². The predicted octanol–water partition coefficient (Wildman–Crippen LogP) is 3.13. The molecule has 1 atom stereocenters. The minimum atomic E-state index is 0.371. The van der Waals surface area contributed by atoms with Crippen molar-refractivity contribution in [1.82, 2.24) is 0 Å². The summed E-state index contributed by atoms with van der Waals surface area (Å²) in [5, 5.41) is 0. The zero-order valence-electron chi connectivity index (χ0n) is 9.22. The van der Waals surface area contributed by atoms with E-state index in [-0.39, 0.29) is 0 Å². The van der Waals surface area contributed by atoms with Crippen molar-refractivity contribution in [3.8, 4) is 0 Å². The van der Waals surface area contributed by atoms with E-state index in [9.17, 15) is 0 Å². The molecule has 2 rings (SSSR count). The molecule has 0 fully saturated rings. The molecule has 1 aliphatic carbocycles. The molecule has 0 saturated carbocycles. The van der Waals surface area contributed by atoms with Gasteiger partial charge in [0.25, 0.3) is 0 Å². The van der Waals surface area contributed by atoms with Gasteiger partial charge in [-0.15, -0.1) is 0 Å². The summed E-state index contributed by atoms with van der Waals surface area (Å²) in [6.07, 6.45) is 10.7. The van der Waals surface area contributed by atoms with Crippen LogP contribution in [-0.2, 0) is 0 Å². The molecule has 1 aromatic carbocycles. The summed E-state index contributed by atoms with van der Waals surface area (Å²) < 4.78 is 0. The summed E-state index contributed by atoms with van der Waals surface area (Å²) in [6, 6.07) is 8.84. The number of rotatable bonds is 2. The van der Waals surface area contributed by atoms with Gasteiger partial charge in [0.05, 0.1) is 6.04 Å². The predicted molar refractivity (Wildman–Crippen MR) is 66.0 cm³/mol. The maximum Gasteiger partial charge on any atom is 0.0542 e. The molecule has 0 heterocycles. The zero-order chi connectivity index (χ0) is 10.7. The number of allylic oxidation sites excluding steroid dienone is 2. The Bertz CT molecular complexity index is 390. The molecule has 0 aromatic heterocycles. The molecular formula is C14H16N. The lowest BCUT2D eigenvalue weighted by Crippen LogP contribution is -2.31. The van der Waals surface area contributed by atoms with Gasteiger partial charge >= 0.3 is 0 Å². The Morgan fingerprint density at radius 3 is 2.53 bits per heavy atom. The van der Waals surface area contributed by atoms with Crippen LogP contribution in [0.3, 0.4) is 0 Å². The van der Waals surface area contributed by atoms with E-state index in [1.807, 2.05) is 0 Å². The number of hydrogen-bond acceptors (Lipinski definition) is 1. The van der Waals surface area contributed by atoms with Crippen LogP contribution in [-0.4, -0.2) is 13.1 Å². The molecule has 1 heteroatoms. The Hall–Kier alpha value is -1.50. The quantitative estimate of drug-likeness (QED) is 0.705. The maximum atomic E-state index is 2.29. The Labute approximate surface area is 91.7 Å². The number of nitrogens with zero attached hydrogens (tertiary/aromatic N) is 1. The highest BCUT2D eigenvalue weighted by Crippen LogP contribution is 2.22. The third-order valence-corrected chi connectivity index (χ3v) is 2.78. The number of anilines is 1. The number of likely N-dealkylation sites (N-methyl/N-ethyl adjacent to an activating group) is 1. The van der Waals surface area contributed by atoms with E-state index in [1.54, 1.807) is 0 Å². The smallest absolute Gasteiger partial charge is 0.0542 e. The van der Waals surface area contributed by atoms with Gasteiger partial charge in [0.2, 0.25) is 0 Å². The third-order valence-electron chi connectivity index (χ3n) is 2.78. The van der Waals surface area contributed by atoms with Crippen molar-refractivity contribution in [2.45, 2.75) is 13.0 Å². The lowest BCUT2D eigenvalue weighted by molar-refractivity contribution is 0.850. The maximum absolute atomic E-state index is 2.29. The summed E-state index contributed by atoms with van der Waals surface area (Å²) in [5.41, 5.74) is 2.61. The van der Waals surface area contributed by atoms with Gasteiger partial charge < -0.3 is 4.90 Å². The highest BCUT2D eigenvalue weighted by atomic mass is 15.1. The van der Waals surface area contributed by atoms with Gasteiger partial charge in [-0.2, -0.15) is 0 Å². The molecule has 1 aromatic rings. The van der Waals surface area contributed by atoms with Crippen LogP contribution in [0.4, 0.5) is 5.69 Å². The summed E-state index contributed by atoms with van der Waals surface area (Å²) in [7, 11) is 2.13. The van der Waals surface area contributed by atoms with Crippen LogP contribution >= 0.6 is 0 Å². The van der Waals surface area contributed by atoms with E-state index < -0.39 is 0 Å². The Balaban J connectivity index is 2.21. The zero-order valence-corrected chi connectivity index (χ0v) is 9.22. The second-order valence-corrected chi connectivity index (χ2v) is 3.85. The molecule has 0 aliphatic heterocycles. The van der Waals surface area contributed by atoms with Crippen LogP contribution in [0.1, 0.15) is 5.56 Å². The molecular weight excluding hydrogens is 182 g/mol. The van der Waals surface area contributed by atoms with Crippen molar-refractivity contribution in [2.24, 2.45) is 0 Å². The molecule has 0 bridgehead atoms. The topological polar surface area (TPSA) is 3.24 Å². The van der Waals surface area contributed by atoms with E-state index in [1.165, 1.54) is 11.3 Å². The molecule has 0 spiro atoms. The fourth-order valence-corrected chi connectivity index (χ4v) is 1.86. The molecule has 1 unspecified atom stereocenters. The molecule has 15 heavy (non-hydrogen) atoms. The molecule has 1 radical (unpaired) electrons. The van der Waals surface area contributed by atoms with Crippen molar-refractivity contribution in [3.63, 3.8) is 0 Å². The van der Waals surface area contributed by atoms with Gasteiger partial charge in [0.1, 0.15) is 0 Å². The molecule has 1 aliphatic rings. The highest BCUT2D eigenvalue weighted by molar-refractivity contribution is 5.55. The first-order valence-electron chi connectivity index (χ1n) is 5.26. The monoisotopic (exact) mass is 198 g/mol.